The molecule has 0 saturated carbocycles. The second-order valence-electron chi connectivity index (χ2n) is 4.99. The first-order valence-corrected chi connectivity index (χ1v) is 8.02. The number of thioether (sulfide) groups is 1. The van der Waals surface area contributed by atoms with Gasteiger partial charge in [-0.05, 0) is 32.9 Å². The molecule has 0 amide bonds. The van der Waals surface area contributed by atoms with E-state index in [9.17, 15) is 0 Å². The monoisotopic (exact) mass is 256 g/mol. The average Bonchev–Trinajstić information content (AvgIpc) is 2.35. The summed E-state index contributed by atoms with van der Waals surface area (Å²) >= 11 is 2.09. The third-order valence-electron chi connectivity index (χ3n) is 3.57. The molecule has 0 aromatic carbocycles. The van der Waals surface area contributed by atoms with Gasteiger partial charge in [0.05, 0.1) is 0 Å². The molecule has 0 bridgehead atoms. The number of hydrogen-bond donors (Lipinski definition) is 1. The van der Waals surface area contributed by atoms with Crippen molar-refractivity contribution in [2.75, 3.05) is 31.6 Å². The lowest BCUT2D eigenvalue weighted by Crippen LogP contribution is -2.53. The SMILES string of the molecule is C=C(CC)CC(NCCC)C1CSCCN1C. The van der Waals surface area contributed by atoms with E-state index in [0.717, 1.165) is 19.4 Å². The van der Waals surface area contributed by atoms with Crippen molar-refractivity contribution >= 4 is 11.8 Å². The van der Waals surface area contributed by atoms with E-state index in [1.807, 2.05) is 0 Å². The van der Waals surface area contributed by atoms with Crippen LogP contribution in [0.15, 0.2) is 12.2 Å². The summed E-state index contributed by atoms with van der Waals surface area (Å²) in [5, 5.41) is 3.72. The molecular weight excluding hydrogens is 228 g/mol. The van der Waals surface area contributed by atoms with Gasteiger partial charge in [0.2, 0.25) is 0 Å². The van der Waals surface area contributed by atoms with Crippen molar-refractivity contribution in [3.63, 3.8) is 0 Å². The fraction of sp³-hybridized carbons (Fsp3) is 0.857. The molecule has 17 heavy (non-hydrogen) atoms. The van der Waals surface area contributed by atoms with Crippen LogP contribution in [0, 0.1) is 0 Å². The van der Waals surface area contributed by atoms with E-state index in [-0.39, 0.29) is 0 Å². The van der Waals surface area contributed by atoms with Crippen LogP contribution in [0.1, 0.15) is 33.1 Å². The van der Waals surface area contributed by atoms with Crippen molar-refractivity contribution in [2.45, 2.75) is 45.2 Å². The summed E-state index contributed by atoms with van der Waals surface area (Å²) < 4.78 is 0. The van der Waals surface area contributed by atoms with Gasteiger partial charge in [-0.1, -0.05) is 26.0 Å². The lowest BCUT2D eigenvalue weighted by atomic mass is 9.98. The van der Waals surface area contributed by atoms with Crippen molar-refractivity contribution < 1.29 is 0 Å². The third-order valence-corrected chi connectivity index (χ3v) is 4.62. The van der Waals surface area contributed by atoms with Crippen molar-refractivity contribution in [2.24, 2.45) is 0 Å². The highest BCUT2D eigenvalue weighted by molar-refractivity contribution is 7.99. The molecule has 0 aromatic rings. The van der Waals surface area contributed by atoms with Gasteiger partial charge in [0.1, 0.15) is 0 Å². The maximum absolute atomic E-state index is 4.18. The van der Waals surface area contributed by atoms with E-state index in [4.69, 9.17) is 0 Å². The Morgan fingerprint density at radius 3 is 2.88 bits per heavy atom. The van der Waals surface area contributed by atoms with Gasteiger partial charge in [-0.3, -0.25) is 0 Å². The summed E-state index contributed by atoms with van der Waals surface area (Å²) in [6.07, 6.45) is 3.44. The number of hydrogen-bond acceptors (Lipinski definition) is 3. The van der Waals surface area contributed by atoms with Crippen LogP contribution in [0.25, 0.3) is 0 Å². The first-order chi connectivity index (χ1) is 8.19. The van der Waals surface area contributed by atoms with Crippen LogP contribution in [-0.2, 0) is 0 Å². The second kappa shape index (κ2) is 8.17. The van der Waals surface area contributed by atoms with Gasteiger partial charge in [-0.25, -0.2) is 0 Å². The Morgan fingerprint density at radius 2 is 2.29 bits per heavy atom. The van der Waals surface area contributed by atoms with Crippen LogP contribution in [0.2, 0.25) is 0 Å². The highest BCUT2D eigenvalue weighted by atomic mass is 32.2. The molecule has 1 rings (SSSR count). The Morgan fingerprint density at radius 1 is 1.53 bits per heavy atom. The Labute approximate surface area is 111 Å². The minimum atomic E-state index is 0.584. The molecule has 1 N–H and O–H groups in total. The molecule has 0 spiro atoms. The van der Waals surface area contributed by atoms with E-state index < -0.39 is 0 Å². The summed E-state index contributed by atoms with van der Waals surface area (Å²) in [5.41, 5.74) is 1.38. The lowest BCUT2D eigenvalue weighted by Gasteiger charge is -2.38. The standard InChI is InChI=1S/C14H28N2S/c1-5-7-15-13(10-12(3)6-2)14-11-17-9-8-16(14)4/h13-15H,3,5-11H2,1-2,4H3. The zero-order chi connectivity index (χ0) is 12.7. The molecule has 1 fully saturated rings. The zero-order valence-corrected chi connectivity index (χ0v) is 12.5. The maximum Gasteiger partial charge on any atom is 0.0340 e. The van der Waals surface area contributed by atoms with Gasteiger partial charge in [-0.15, -0.1) is 0 Å². The zero-order valence-electron chi connectivity index (χ0n) is 11.7. The minimum absolute atomic E-state index is 0.584. The molecule has 0 radical (unpaired) electrons. The number of nitrogens with zero attached hydrogens (tertiary/aromatic N) is 1. The van der Waals surface area contributed by atoms with E-state index in [2.05, 4.69) is 49.5 Å². The lowest BCUT2D eigenvalue weighted by molar-refractivity contribution is 0.213. The van der Waals surface area contributed by atoms with Crippen LogP contribution >= 0.6 is 11.8 Å². The Hall–Kier alpha value is 0.01000. The highest BCUT2D eigenvalue weighted by Crippen LogP contribution is 2.21. The predicted molar refractivity (Wildman–Crippen MR) is 79.9 cm³/mol. The van der Waals surface area contributed by atoms with Gasteiger partial charge in [0.15, 0.2) is 0 Å². The molecule has 0 aromatic heterocycles. The molecule has 1 heterocycles. The first kappa shape index (κ1) is 15.1. The molecule has 0 aliphatic carbocycles. The summed E-state index contributed by atoms with van der Waals surface area (Å²) in [4.78, 5) is 2.52. The summed E-state index contributed by atoms with van der Waals surface area (Å²) in [6.45, 7) is 11.0. The van der Waals surface area contributed by atoms with Gasteiger partial charge in [0.25, 0.3) is 0 Å². The molecule has 2 unspecified atom stereocenters. The van der Waals surface area contributed by atoms with Crippen LogP contribution in [0.4, 0.5) is 0 Å². The van der Waals surface area contributed by atoms with Crippen molar-refractivity contribution in [3.05, 3.63) is 12.2 Å². The summed E-state index contributed by atoms with van der Waals surface area (Å²) in [5.74, 6) is 2.54. The quantitative estimate of drug-likeness (QED) is 0.705. The van der Waals surface area contributed by atoms with Gasteiger partial charge in [-0.2, -0.15) is 11.8 Å². The molecule has 1 saturated heterocycles. The summed E-state index contributed by atoms with van der Waals surface area (Å²) in [7, 11) is 2.26. The molecular formula is C14H28N2S. The van der Waals surface area contributed by atoms with Gasteiger partial charge >= 0.3 is 0 Å². The van der Waals surface area contributed by atoms with E-state index in [0.29, 0.717) is 12.1 Å². The number of nitrogens with one attached hydrogen (secondary N) is 1. The molecule has 1 aliphatic heterocycles. The fourth-order valence-electron chi connectivity index (χ4n) is 2.26. The van der Waals surface area contributed by atoms with E-state index >= 15 is 0 Å². The smallest absolute Gasteiger partial charge is 0.0340 e. The predicted octanol–water partition coefficient (Wildman–Crippen LogP) is 2.76. The van der Waals surface area contributed by atoms with Crippen molar-refractivity contribution in [1.29, 1.82) is 0 Å². The Balaban J connectivity index is 2.56. The minimum Gasteiger partial charge on any atom is -0.312 e. The first-order valence-electron chi connectivity index (χ1n) is 6.87. The van der Waals surface area contributed by atoms with Gasteiger partial charge < -0.3 is 10.2 Å². The van der Waals surface area contributed by atoms with E-state index in [1.165, 1.54) is 30.0 Å². The normalized spacial score (nSPS) is 23.6. The number of rotatable bonds is 7. The van der Waals surface area contributed by atoms with Crippen LogP contribution in [-0.4, -0.2) is 48.6 Å². The van der Waals surface area contributed by atoms with Crippen molar-refractivity contribution in [3.8, 4) is 0 Å². The molecule has 1 aliphatic rings. The topological polar surface area (TPSA) is 15.3 Å². The Kier molecular flexibility index (Phi) is 7.24. The van der Waals surface area contributed by atoms with Crippen molar-refractivity contribution in [1.82, 2.24) is 10.2 Å². The highest BCUT2D eigenvalue weighted by Gasteiger charge is 2.27. The molecule has 2 nitrogen and oxygen atoms in total. The Bertz CT molecular complexity index is 230. The average molecular weight is 256 g/mol. The molecule has 2 atom stereocenters. The third kappa shape index (κ3) is 5.02. The van der Waals surface area contributed by atoms with E-state index in [1.54, 1.807) is 0 Å². The van der Waals surface area contributed by atoms with Gasteiger partial charge in [0, 0.05) is 30.1 Å². The van der Waals surface area contributed by atoms with Crippen LogP contribution < -0.4 is 5.32 Å². The second-order valence-corrected chi connectivity index (χ2v) is 6.14. The molecule has 3 heteroatoms. The van der Waals surface area contributed by atoms with Crippen LogP contribution in [0.5, 0.6) is 0 Å². The summed E-state index contributed by atoms with van der Waals surface area (Å²) in [6, 6.07) is 1.25. The fourth-order valence-corrected chi connectivity index (χ4v) is 3.57. The largest absolute Gasteiger partial charge is 0.312 e. The maximum atomic E-state index is 4.18. The number of likely N-dealkylation sites (N-methyl/N-ethyl adjacent to an activating group) is 1. The molecule has 100 valence electrons. The van der Waals surface area contributed by atoms with Crippen LogP contribution in [0.3, 0.4) is 0 Å².